The lowest BCUT2D eigenvalue weighted by molar-refractivity contribution is 0.309. The van der Waals surface area contributed by atoms with Gasteiger partial charge >= 0.3 is 0 Å². The molecule has 20 heavy (non-hydrogen) atoms. The number of rotatable bonds is 3. The highest BCUT2D eigenvalue weighted by Crippen LogP contribution is 2.27. The first-order valence-corrected chi connectivity index (χ1v) is 7.43. The average Bonchev–Trinajstić information content (AvgIpc) is 2.87. The van der Waals surface area contributed by atoms with Gasteiger partial charge < -0.3 is 9.84 Å². The highest BCUT2D eigenvalue weighted by atomic mass is 35.5. The number of hydrogen-bond donors (Lipinski definition) is 1. The van der Waals surface area contributed by atoms with Crippen LogP contribution < -0.4 is 4.74 Å². The number of aliphatic hydroxyl groups excluding tert-OH is 1. The van der Waals surface area contributed by atoms with Crippen LogP contribution in [0.5, 0.6) is 5.75 Å². The van der Waals surface area contributed by atoms with Crippen molar-refractivity contribution >= 4 is 22.9 Å². The first-order chi connectivity index (χ1) is 9.61. The fourth-order valence-electron chi connectivity index (χ4n) is 1.84. The van der Waals surface area contributed by atoms with Gasteiger partial charge in [0.2, 0.25) is 0 Å². The van der Waals surface area contributed by atoms with Crippen molar-refractivity contribution in [2.75, 3.05) is 6.61 Å². The Hall–Kier alpha value is -1.47. The summed E-state index contributed by atoms with van der Waals surface area (Å²) in [6.07, 6.45) is 0. The van der Waals surface area contributed by atoms with Crippen molar-refractivity contribution in [2.45, 2.75) is 20.5 Å². The minimum Gasteiger partial charge on any atom is -0.488 e. The second kappa shape index (κ2) is 6.81. The van der Waals surface area contributed by atoms with Gasteiger partial charge in [0, 0.05) is 10.6 Å². The van der Waals surface area contributed by atoms with Crippen LogP contribution in [0.15, 0.2) is 23.6 Å². The summed E-state index contributed by atoms with van der Waals surface area (Å²) in [5.41, 5.74) is 2.92. The van der Waals surface area contributed by atoms with Crippen LogP contribution in [-0.2, 0) is 6.61 Å². The van der Waals surface area contributed by atoms with Gasteiger partial charge in [0.05, 0.1) is 4.88 Å². The minimum absolute atomic E-state index is 0.133. The number of aliphatic hydroxyl groups is 1. The third-order valence-electron chi connectivity index (χ3n) is 2.83. The van der Waals surface area contributed by atoms with Crippen molar-refractivity contribution in [3.8, 4) is 17.6 Å². The molecule has 0 atom stereocenters. The van der Waals surface area contributed by atoms with E-state index in [0.29, 0.717) is 6.61 Å². The van der Waals surface area contributed by atoms with E-state index in [-0.39, 0.29) is 6.61 Å². The molecule has 2 nitrogen and oxygen atoms in total. The zero-order chi connectivity index (χ0) is 14.5. The molecule has 2 aromatic rings. The molecule has 1 N–H and O–H groups in total. The summed E-state index contributed by atoms with van der Waals surface area (Å²) in [6, 6.07) is 5.80. The molecule has 0 amide bonds. The molecule has 0 saturated carbocycles. The predicted octanol–water partition coefficient (Wildman–Crippen LogP) is 3.94. The van der Waals surface area contributed by atoms with E-state index in [1.54, 1.807) is 11.3 Å². The maximum Gasteiger partial charge on any atom is 0.124 e. The Balaban J connectivity index is 2.11. The van der Waals surface area contributed by atoms with E-state index in [1.807, 2.05) is 37.4 Å². The topological polar surface area (TPSA) is 29.5 Å². The van der Waals surface area contributed by atoms with Crippen LogP contribution in [-0.4, -0.2) is 11.7 Å². The molecule has 0 spiro atoms. The monoisotopic (exact) mass is 306 g/mol. The van der Waals surface area contributed by atoms with Crippen LogP contribution in [0.2, 0.25) is 5.02 Å². The average molecular weight is 307 g/mol. The van der Waals surface area contributed by atoms with Crippen LogP contribution in [0.1, 0.15) is 21.6 Å². The van der Waals surface area contributed by atoms with Crippen LogP contribution in [0.3, 0.4) is 0 Å². The van der Waals surface area contributed by atoms with E-state index in [4.69, 9.17) is 21.4 Å². The van der Waals surface area contributed by atoms with Gasteiger partial charge in [-0.05, 0) is 48.6 Å². The second-order valence-electron chi connectivity index (χ2n) is 4.38. The zero-order valence-corrected chi connectivity index (χ0v) is 12.9. The molecule has 1 aromatic heterocycles. The third-order valence-corrected chi connectivity index (χ3v) is 4.32. The Morgan fingerprint density at radius 3 is 2.65 bits per heavy atom. The highest BCUT2D eigenvalue weighted by molar-refractivity contribution is 7.10. The van der Waals surface area contributed by atoms with E-state index in [1.165, 1.54) is 0 Å². The first kappa shape index (κ1) is 14.9. The maximum atomic E-state index is 8.74. The van der Waals surface area contributed by atoms with Gasteiger partial charge in [-0.1, -0.05) is 23.4 Å². The highest BCUT2D eigenvalue weighted by Gasteiger charge is 2.06. The van der Waals surface area contributed by atoms with Gasteiger partial charge in [-0.2, -0.15) is 0 Å². The summed E-state index contributed by atoms with van der Waals surface area (Å²) in [6.45, 7) is 4.26. The number of benzene rings is 1. The molecule has 1 aromatic carbocycles. The molecular weight excluding hydrogens is 292 g/mol. The lowest BCUT2D eigenvalue weighted by atomic mass is 10.1. The number of aryl methyl sites for hydroxylation is 2. The standard InChI is InChI=1S/C16H15ClO2S/c1-11-8-14(9-12(2)16(11)17)19-10-15-13(4-3-6-18)5-7-20-15/h5,7-9,18H,6,10H2,1-2H3. The smallest absolute Gasteiger partial charge is 0.124 e. The zero-order valence-electron chi connectivity index (χ0n) is 11.4. The maximum absolute atomic E-state index is 8.74. The number of thiophene rings is 1. The Morgan fingerprint density at radius 1 is 1.30 bits per heavy atom. The minimum atomic E-state index is -0.133. The lowest BCUT2D eigenvalue weighted by Gasteiger charge is -2.09. The lowest BCUT2D eigenvalue weighted by Crippen LogP contribution is -1.96. The number of halogens is 1. The fraction of sp³-hybridized carbons (Fsp3) is 0.250. The summed E-state index contributed by atoms with van der Waals surface area (Å²) in [4.78, 5) is 1.05. The van der Waals surface area contributed by atoms with Crippen LogP contribution in [0.25, 0.3) is 0 Å². The Labute approximate surface area is 128 Å². The molecule has 104 valence electrons. The third kappa shape index (κ3) is 3.55. The van der Waals surface area contributed by atoms with E-state index in [0.717, 1.165) is 32.3 Å². The molecule has 1 heterocycles. The molecule has 0 fully saturated rings. The molecular formula is C16H15ClO2S. The van der Waals surface area contributed by atoms with Crippen LogP contribution in [0.4, 0.5) is 0 Å². The Kier molecular flexibility index (Phi) is 5.08. The van der Waals surface area contributed by atoms with E-state index in [9.17, 15) is 0 Å². The summed E-state index contributed by atoms with van der Waals surface area (Å²) in [5.74, 6) is 6.38. The number of ether oxygens (including phenoxy) is 1. The SMILES string of the molecule is Cc1cc(OCc2sccc2C#CCO)cc(C)c1Cl. The largest absolute Gasteiger partial charge is 0.488 e. The fourth-order valence-corrected chi connectivity index (χ4v) is 2.69. The van der Waals surface area contributed by atoms with Crippen molar-refractivity contribution in [3.63, 3.8) is 0 Å². The molecule has 0 aliphatic carbocycles. The second-order valence-corrected chi connectivity index (χ2v) is 5.76. The quantitative estimate of drug-likeness (QED) is 0.870. The van der Waals surface area contributed by atoms with Crippen LogP contribution >= 0.6 is 22.9 Å². The van der Waals surface area contributed by atoms with Gasteiger partial charge in [-0.15, -0.1) is 11.3 Å². The summed E-state index contributed by atoms with van der Waals surface area (Å²) >= 11 is 7.73. The van der Waals surface area contributed by atoms with Gasteiger partial charge in [0.25, 0.3) is 0 Å². The summed E-state index contributed by atoms with van der Waals surface area (Å²) in [5, 5.41) is 11.5. The molecule has 0 bridgehead atoms. The van der Waals surface area contributed by atoms with Crippen molar-refractivity contribution in [2.24, 2.45) is 0 Å². The van der Waals surface area contributed by atoms with Crippen molar-refractivity contribution in [1.82, 2.24) is 0 Å². The first-order valence-electron chi connectivity index (χ1n) is 6.17. The van der Waals surface area contributed by atoms with Crippen molar-refractivity contribution < 1.29 is 9.84 Å². The van der Waals surface area contributed by atoms with E-state index < -0.39 is 0 Å². The van der Waals surface area contributed by atoms with Crippen molar-refractivity contribution in [1.29, 1.82) is 0 Å². The molecule has 0 radical (unpaired) electrons. The van der Waals surface area contributed by atoms with Crippen molar-refractivity contribution in [3.05, 3.63) is 50.2 Å². The summed E-state index contributed by atoms with van der Waals surface area (Å²) in [7, 11) is 0. The summed E-state index contributed by atoms with van der Waals surface area (Å²) < 4.78 is 5.81. The molecule has 0 aliphatic rings. The van der Waals surface area contributed by atoms with Gasteiger partial charge in [-0.25, -0.2) is 0 Å². The van der Waals surface area contributed by atoms with Gasteiger partial charge in [0.15, 0.2) is 0 Å². The van der Waals surface area contributed by atoms with E-state index in [2.05, 4.69) is 11.8 Å². The normalized spacial score (nSPS) is 10.0. The molecule has 0 saturated heterocycles. The van der Waals surface area contributed by atoms with E-state index >= 15 is 0 Å². The Bertz CT molecular complexity index is 642. The molecule has 2 rings (SSSR count). The number of hydrogen-bond acceptors (Lipinski definition) is 3. The molecule has 0 unspecified atom stereocenters. The Morgan fingerprint density at radius 2 is 2.00 bits per heavy atom. The van der Waals surface area contributed by atoms with Gasteiger partial charge in [-0.3, -0.25) is 0 Å². The molecule has 0 aliphatic heterocycles. The molecule has 4 heteroatoms. The van der Waals surface area contributed by atoms with Gasteiger partial charge in [0.1, 0.15) is 19.0 Å². The van der Waals surface area contributed by atoms with Crippen LogP contribution in [0, 0.1) is 25.7 Å². The predicted molar refractivity (Wildman–Crippen MR) is 83.5 cm³/mol.